The maximum atomic E-state index is 9.77. The topological polar surface area (TPSA) is 20.2 Å². The number of fused-ring (bicyclic) bond motifs is 5. The zero-order valence-electron chi connectivity index (χ0n) is 14.2. The van der Waals surface area contributed by atoms with Gasteiger partial charge >= 0.3 is 0 Å². The smallest absolute Gasteiger partial charge is 0.115 e. The Kier molecular flexibility index (Phi) is 3.52. The molecule has 1 aromatic rings. The van der Waals surface area contributed by atoms with Crippen LogP contribution >= 0.6 is 0 Å². The van der Waals surface area contributed by atoms with Crippen molar-refractivity contribution in [3.63, 3.8) is 0 Å². The highest BCUT2D eigenvalue weighted by atomic mass is 16.3. The van der Waals surface area contributed by atoms with Gasteiger partial charge in [0.15, 0.2) is 0 Å². The SMILES string of the molecule is CC#CCC1=CC[C@H]2[C@@H]3CCc4cc(O)ccc4[C@H]3CC[C@]12C. The van der Waals surface area contributed by atoms with E-state index in [0.29, 0.717) is 17.1 Å². The number of phenolic OH excluding ortho intramolecular Hbond substituents is 1. The van der Waals surface area contributed by atoms with E-state index in [0.717, 1.165) is 24.7 Å². The third-order valence-corrected chi connectivity index (χ3v) is 6.91. The molecule has 3 aliphatic carbocycles. The van der Waals surface area contributed by atoms with E-state index < -0.39 is 0 Å². The van der Waals surface area contributed by atoms with E-state index >= 15 is 0 Å². The van der Waals surface area contributed by atoms with E-state index in [4.69, 9.17) is 0 Å². The van der Waals surface area contributed by atoms with Crippen LogP contribution in [0.5, 0.6) is 5.75 Å². The zero-order valence-corrected chi connectivity index (χ0v) is 14.2. The molecule has 1 nitrogen and oxygen atoms in total. The number of benzene rings is 1. The second-order valence-electron chi connectivity index (χ2n) is 7.82. The minimum Gasteiger partial charge on any atom is -0.508 e. The third kappa shape index (κ3) is 2.23. The molecule has 0 aliphatic heterocycles. The summed E-state index contributed by atoms with van der Waals surface area (Å²) in [7, 11) is 0. The first-order chi connectivity index (χ1) is 11.1. The van der Waals surface area contributed by atoms with Gasteiger partial charge in [0.25, 0.3) is 0 Å². The summed E-state index contributed by atoms with van der Waals surface area (Å²) < 4.78 is 0. The van der Waals surface area contributed by atoms with Gasteiger partial charge in [-0.05, 0) is 85.5 Å². The van der Waals surface area contributed by atoms with Crippen molar-refractivity contribution in [2.75, 3.05) is 0 Å². The van der Waals surface area contributed by atoms with E-state index in [1.54, 1.807) is 5.57 Å². The molecule has 1 heteroatoms. The van der Waals surface area contributed by atoms with Crippen molar-refractivity contribution in [1.82, 2.24) is 0 Å². The molecule has 4 rings (SSSR count). The molecule has 0 aromatic heterocycles. The second kappa shape index (κ2) is 5.45. The number of allylic oxidation sites excluding steroid dienone is 2. The number of rotatable bonds is 1. The van der Waals surface area contributed by atoms with Gasteiger partial charge in [0.1, 0.15) is 5.75 Å². The predicted octanol–water partition coefficient (Wildman–Crippen LogP) is 5.20. The van der Waals surface area contributed by atoms with Crippen molar-refractivity contribution in [2.24, 2.45) is 17.3 Å². The van der Waals surface area contributed by atoms with Crippen LogP contribution in [-0.2, 0) is 6.42 Å². The summed E-state index contributed by atoms with van der Waals surface area (Å²) in [5.41, 5.74) is 4.88. The number of hydrogen-bond donors (Lipinski definition) is 1. The minimum absolute atomic E-state index is 0.374. The Labute approximate surface area is 139 Å². The Hall–Kier alpha value is -1.68. The summed E-state index contributed by atoms with van der Waals surface area (Å²) in [6.07, 6.45) is 9.69. The molecule has 0 radical (unpaired) electrons. The molecule has 0 bridgehead atoms. The van der Waals surface area contributed by atoms with Crippen molar-refractivity contribution in [3.8, 4) is 17.6 Å². The van der Waals surface area contributed by atoms with Gasteiger partial charge in [0.05, 0.1) is 0 Å². The second-order valence-corrected chi connectivity index (χ2v) is 7.82. The van der Waals surface area contributed by atoms with E-state index in [9.17, 15) is 5.11 Å². The molecule has 3 aliphatic rings. The molecule has 0 saturated heterocycles. The van der Waals surface area contributed by atoms with Crippen LogP contribution in [0.1, 0.15) is 63.0 Å². The van der Waals surface area contributed by atoms with Crippen LogP contribution in [0.4, 0.5) is 0 Å². The lowest BCUT2D eigenvalue weighted by atomic mass is 9.54. The normalized spacial score (nSPS) is 34.5. The van der Waals surface area contributed by atoms with Crippen molar-refractivity contribution >= 4 is 0 Å². The molecule has 1 fully saturated rings. The summed E-state index contributed by atoms with van der Waals surface area (Å²) in [4.78, 5) is 0. The Morgan fingerprint density at radius 3 is 3.00 bits per heavy atom. The van der Waals surface area contributed by atoms with E-state index in [1.807, 2.05) is 19.1 Å². The zero-order chi connectivity index (χ0) is 16.0. The number of phenols is 1. The third-order valence-electron chi connectivity index (χ3n) is 6.91. The molecule has 120 valence electrons. The Morgan fingerprint density at radius 1 is 1.30 bits per heavy atom. The van der Waals surface area contributed by atoms with Gasteiger partial charge in [-0.3, -0.25) is 0 Å². The summed E-state index contributed by atoms with van der Waals surface area (Å²) in [5, 5.41) is 9.77. The van der Waals surface area contributed by atoms with Crippen LogP contribution < -0.4 is 0 Å². The number of hydrogen-bond acceptors (Lipinski definition) is 1. The van der Waals surface area contributed by atoms with Crippen LogP contribution in [0.15, 0.2) is 29.8 Å². The van der Waals surface area contributed by atoms with Gasteiger partial charge in [-0.25, -0.2) is 0 Å². The maximum Gasteiger partial charge on any atom is 0.115 e. The lowest BCUT2D eigenvalue weighted by molar-refractivity contribution is 0.0742. The maximum absolute atomic E-state index is 9.77. The molecule has 1 N–H and O–H groups in total. The molecule has 0 spiro atoms. The monoisotopic (exact) mass is 306 g/mol. The highest BCUT2D eigenvalue weighted by Crippen LogP contribution is 2.61. The predicted molar refractivity (Wildman–Crippen MR) is 94.3 cm³/mol. The number of aryl methyl sites for hydroxylation is 1. The molecular weight excluding hydrogens is 280 g/mol. The largest absolute Gasteiger partial charge is 0.508 e. The first-order valence-electron chi connectivity index (χ1n) is 9.04. The van der Waals surface area contributed by atoms with Gasteiger partial charge in [0, 0.05) is 6.42 Å². The lowest BCUT2D eigenvalue weighted by Crippen LogP contribution is -2.41. The summed E-state index contributed by atoms with van der Waals surface area (Å²) in [6, 6.07) is 6.06. The van der Waals surface area contributed by atoms with Crippen LogP contribution in [0, 0.1) is 29.1 Å². The molecule has 4 atom stereocenters. The fourth-order valence-corrected chi connectivity index (χ4v) is 5.68. The van der Waals surface area contributed by atoms with Crippen molar-refractivity contribution < 1.29 is 5.11 Å². The van der Waals surface area contributed by atoms with Crippen LogP contribution in [-0.4, -0.2) is 5.11 Å². The van der Waals surface area contributed by atoms with Crippen molar-refractivity contribution in [1.29, 1.82) is 0 Å². The van der Waals surface area contributed by atoms with E-state index in [1.165, 1.54) is 36.8 Å². The van der Waals surface area contributed by atoms with Crippen LogP contribution in [0.2, 0.25) is 0 Å². The van der Waals surface area contributed by atoms with Crippen molar-refractivity contribution in [2.45, 2.75) is 58.3 Å². The van der Waals surface area contributed by atoms with Gasteiger partial charge < -0.3 is 5.11 Å². The molecule has 0 amide bonds. The van der Waals surface area contributed by atoms with Gasteiger partial charge in [0.2, 0.25) is 0 Å². The number of aromatic hydroxyl groups is 1. The molecule has 23 heavy (non-hydrogen) atoms. The fourth-order valence-electron chi connectivity index (χ4n) is 5.68. The van der Waals surface area contributed by atoms with Crippen molar-refractivity contribution in [3.05, 3.63) is 41.0 Å². The quantitative estimate of drug-likeness (QED) is 0.558. The standard InChI is InChI=1S/C22H26O/c1-3-4-5-16-7-11-21-20-9-6-15-14-17(23)8-10-18(15)19(20)12-13-22(16,21)2/h7-8,10,14,19-21,23H,5-6,9,11-13H2,1-2H3/t19-,20-,21+,22-/m1/s1. The van der Waals surface area contributed by atoms with Gasteiger partial charge in [-0.1, -0.05) is 30.6 Å². The molecule has 0 heterocycles. The average Bonchev–Trinajstić information content (AvgIpc) is 2.89. The Balaban J connectivity index is 1.64. The van der Waals surface area contributed by atoms with Gasteiger partial charge in [-0.2, -0.15) is 0 Å². The molecule has 1 saturated carbocycles. The molecular formula is C22H26O. The van der Waals surface area contributed by atoms with E-state index in [-0.39, 0.29) is 0 Å². The fraction of sp³-hybridized carbons (Fsp3) is 0.545. The minimum atomic E-state index is 0.374. The van der Waals surface area contributed by atoms with E-state index in [2.05, 4.69) is 30.9 Å². The first kappa shape index (κ1) is 14.9. The van der Waals surface area contributed by atoms with Gasteiger partial charge in [-0.15, -0.1) is 5.92 Å². The summed E-state index contributed by atoms with van der Waals surface area (Å²) in [6.45, 7) is 4.44. The summed E-state index contributed by atoms with van der Waals surface area (Å²) >= 11 is 0. The van der Waals surface area contributed by atoms with Crippen LogP contribution in [0.3, 0.4) is 0 Å². The average molecular weight is 306 g/mol. The molecule has 1 aromatic carbocycles. The summed E-state index contributed by atoms with van der Waals surface area (Å²) in [5.74, 6) is 9.07. The lowest BCUT2D eigenvalue weighted by Gasteiger charge is -2.50. The molecule has 0 unspecified atom stereocenters. The Bertz CT molecular complexity index is 717. The first-order valence-corrected chi connectivity index (χ1v) is 9.04. The highest BCUT2D eigenvalue weighted by molar-refractivity contribution is 5.41. The highest BCUT2D eigenvalue weighted by Gasteiger charge is 2.51. The Morgan fingerprint density at radius 2 is 2.17 bits per heavy atom. The van der Waals surface area contributed by atoms with Crippen LogP contribution in [0.25, 0.3) is 0 Å².